The summed E-state index contributed by atoms with van der Waals surface area (Å²) in [5.41, 5.74) is 0.180. The molecule has 0 unspecified atom stereocenters. The quantitative estimate of drug-likeness (QED) is 0.592. The average Bonchev–Trinajstić information content (AvgIpc) is 2.91. The number of rotatable bonds is 3. The Labute approximate surface area is 204 Å². The molecule has 4 aliphatic heterocycles. The molecule has 180 valence electrons. The van der Waals surface area contributed by atoms with E-state index in [0.717, 1.165) is 36.9 Å². The number of fused-ring (bicyclic) bond motifs is 2. The second-order valence-corrected chi connectivity index (χ2v) is 10.9. The fourth-order valence-electron chi connectivity index (χ4n) is 6.50. The molecule has 7 nitrogen and oxygen atoms in total. The van der Waals surface area contributed by atoms with Crippen molar-refractivity contribution < 1.29 is 24.0 Å². The van der Waals surface area contributed by atoms with Crippen LogP contribution in [-0.4, -0.2) is 34.2 Å². The summed E-state index contributed by atoms with van der Waals surface area (Å²) in [6.07, 6.45) is 4.50. The van der Waals surface area contributed by atoms with Gasteiger partial charge >= 0.3 is 0 Å². The molecule has 7 rings (SSSR count). The van der Waals surface area contributed by atoms with Gasteiger partial charge in [0.2, 0.25) is 5.79 Å². The molecule has 1 aliphatic carbocycles. The smallest absolute Gasteiger partial charge is 0.256 e. The summed E-state index contributed by atoms with van der Waals surface area (Å²) >= 11 is 6.43. The van der Waals surface area contributed by atoms with Gasteiger partial charge in [-0.25, -0.2) is 9.78 Å². The summed E-state index contributed by atoms with van der Waals surface area (Å²) in [5, 5.41) is 3.63. The third-order valence-corrected chi connectivity index (χ3v) is 8.68. The maximum atomic E-state index is 13.8. The number of halogens is 1. The number of carbonyl (C=O) groups excluding carboxylic acids is 1. The Morgan fingerprint density at radius 3 is 2.76 bits per heavy atom. The highest BCUT2D eigenvalue weighted by Gasteiger charge is 2.75. The van der Waals surface area contributed by atoms with Crippen LogP contribution in [0.5, 0.6) is 0 Å². The number of benzene rings is 1. The van der Waals surface area contributed by atoms with Crippen molar-refractivity contribution in [3.8, 4) is 11.3 Å². The molecule has 4 saturated heterocycles. The first-order valence-corrected chi connectivity index (χ1v) is 12.4. The lowest BCUT2D eigenvalue weighted by Crippen LogP contribution is -2.62. The van der Waals surface area contributed by atoms with Gasteiger partial charge in [-0.2, -0.15) is 0 Å². The fraction of sp³-hybridized carbons (Fsp3) is 0.538. The van der Waals surface area contributed by atoms with Crippen LogP contribution in [0.4, 0.5) is 5.69 Å². The molecule has 1 spiro atoms. The topological polar surface area (TPSA) is 78.9 Å². The van der Waals surface area contributed by atoms with Crippen LogP contribution in [-0.2, 0) is 24.0 Å². The SMILES string of the molecule is C[C@@H]1CC[C@@H]2[C@]34OO[C@](C)(CC[C@@H]13)O[C@H]4O[C@]2(C)C(=O)Nc1ccc(Cl)c(-c2ccccn2)c1. The first kappa shape index (κ1) is 22.4. The minimum absolute atomic E-state index is 0.196. The van der Waals surface area contributed by atoms with Crippen LogP contribution in [0.3, 0.4) is 0 Å². The van der Waals surface area contributed by atoms with Gasteiger partial charge in [0.1, 0.15) is 0 Å². The van der Waals surface area contributed by atoms with E-state index in [0.29, 0.717) is 16.6 Å². The molecule has 1 saturated carbocycles. The molecule has 1 aromatic heterocycles. The molecule has 2 bridgehead atoms. The lowest BCUT2D eigenvalue weighted by atomic mass is 9.59. The monoisotopic (exact) mass is 484 g/mol. The number of carbonyl (C=O) groups is 1. The molecule has 1 N–H and O–H groups in total. The molecular formula is C26H29ClN2O5. The molecule has 34 heavy (non-hydrogen) atoms. The van der Waals surface area contributed by atoms with Gasteiger partial charge in [0, 0.05) is 29.8 Å². The van der Waals surface area contributed by atoms with E-state index in [-0.39, 0.29) is 17.7 Å². The minimum atomic E-state index is -1.14. The Morgan fingerprint density at radius 1 is 1.12 bits per heavy atom. The van der Waals surface area contributed by atoms with Crippen LogP contribution in [0.1, 0.15) is 46.5 Å². The van der Waals surface area contributed by atoms with Crippen LogP contribution in [0.25, 0.3) is 11.3 Å². The van der Waals surface area contributed by atoms with Crippen molar-refractivity contribution in [3.05, 3.63) is 47.6 Å². The molecule has 1 aromatic carbocycles. The van der Waals surface area contributed by atoms with E-state index in [1.54, 1.807) is 18.3 Å². The summed E-state index contributed by atoms with van der Waals surface area (Å²) in [5.74, 6) is -0.675. The second kappa shape index (κ2) is 7.73. The zero-order valence-electron chi connectivity index (χ0n) is 19.5. The van der Waals surface area contributed by atoms with E-state index in [1.807, 2.05) is 38.1 Å². The normalized spacial score (nSPS) is 40.5. The number of anilines is 1. The molecule has 5 aliphatic rings. The molecule has 5 heterocycles. The zero-order valence-corrected chi connectivity index (χ0v) is 20.3. The second-order valence-electron chi connectivity index (χ2n) is 10.4. The third kappa shape index (κ3) is 3.18. The summed E-state index contributed by atoms with van der Waals surface area (Å²) in [7, 11) is 0. The number of pyridine rings is 1. The number of aromatic nitrogens is 1. The molecule has 1 amide bonds. The lowest BCUT2D eigenvalue weighted by molar-refractivity contribution is -0.541. The number of ether oxygens (including phenoxy) is 2. The molecule has 5 fully saturated rings. The summed E-state index contributed by atoms with van der Waals surface area (Å²) in [6, 6.07) is 11.0. The molecule has 8 heteroatoms. The minimum Gasteiger partial charge on any atom is -0.333 e. The Hall–Kier alpha value is -2.03. The van der Waals surface area contributed by atoms with E-state index in [4.69, 9.17) is 30.8 Å². The molecule has 7 atom stereocenters. The predicted octanol–water partition coefficient (Wildman–Crippen LogP) is 5.35. The van der Waals surface area contributed by atoms with Crippen LogP contribution in [0.2, 0.25) is 5.02 Å². The lowest BCUT2D eigenvalue weighted by Gasteiger charge is -2.50. The molecular weight excluding hydrogens is 456 g/mol. The van der Waals surface area contributed by atoms with Gasteiger partial charge in [-0.1, -0.05) is 24.6 Å². The van der Waals surface area contributed by atoms with Gasteiger partial charge in [-0.15, -0.1) is 0 Å². The van der Waals surface area contributed by atoms with Crippen molar-refractivity contribution in [1.82, 2.24) is 4.98 Å². The zero-order chi connectivity index (χ0) is 23.7. The highest BCUT2D eigenvalue weighted by Crippen LogP contribution is 2.63. The van der Waals surface area contributed by atoms with Crippen molar-refractivity contribution in [3.63, 3.8) is 0 Å². The highest BCUT2D eigenvalue weighted by molar-refractivity contribution is 6.33. The van der Waals surface area contributed by atoms with E-state index >= 15 is 0 Å². The Bertz CT molecular complexity index is 1130. The van der Waals surface area contributed by atoms with E-state index < -0.39 is 23.3 Å². The van der Waals surface area contributed by atoms with Gasteiger partial charge in [-0.3, -0.25) is 9.78 Å². The van der Waals surface area contributed by atoms with Crippen molar-refractivity contribution >= 4 is 23.2 Å². The maximum absolute atomic E-state index is 13.8. The van der Waals surface area contributed by atoms with Crippen molar-refractivity contribution in [2.75, 3.05) is 5.32 Å². The Kier molecular flexibility index (Phi) is 5.10. The van der Waals surface area contributed by atoms with Gasteiger partial charge in [0.05, 0.1) is 10.7 Å². The van der Waals surface area contributed by atoms with Crippen molar-refractivity contribution in [2.24, 2.45) is 17.8 Å². The predicted molar refractivity (Wildman–Crippen MR) is 126 cm³/mol. The van der Waals surface area contributed by atoms with Crippen LogP contribution in [0.15, 0.2) is 42.6 Å². The van der Waals surface area contributed by atoms with Gasteiger partial charge in [0.15, 0.2) is 17.5 Å². The van der Waals surface area contributed by atoms with E-state index in [9.17, 15) is 4.79 Å². The standard InChI is InChI=1S/C26H29ClN2O5/c1-15-7-10-21-25(3,32-23-26(21)18(15)11-12-24(2,31-23)33-34-26)22(30)29-16-8-9-19(27)17(14-16)20-6-4-5-13-28-20/h4-6,8-9,13-15,18,21,23H,7,10-12H2,1-3H3,(H,29,30)/t15-,18+,21+,23+,24-,25+,26-/m1/s1. The third-order valence-electron chi connectivity index (χ3n) is 8.35. The highest BCUT2D eigenvalue weighted by atomic mass is 35.5. The van der Waals surface area contributed by atoms with E-state index in [1.165, 1.54) is 0 Å². The molecule has 0 radical (unpaired) electrons. The van der Waals surface area contributed by atoms with E-state index in [2.05, 4.69) is 17.2 Å². The van der Waals surface area contributed by atoms with Crippen molar-refractivity contribution in [2.45, 2.75) is 69.7 Å². The summed E-state index contributed by atoms with van der Waals surface area (Å²) in [4.78, 5) is 30.2. The van der Waals surface area contributed by atoms with Crippen molar-refractivity contribution in [1.29, 1.82) is 0 Å². The first-order valence-electron chi connectivity index (χ1n) is 12.0. The number of nitrogens with zero attached hydrogens (tertiary/aromatic N) is 1. The number of hydrogen-bond donors (Lipinski definition) is 1. The number of nitrogens with one attached hydrogen (secondary N) is 1. The van der Waals surface area contributed by atoms with Gasteiger partial charge in [-0.05, 0) is 75.3 Å². The van der Waals surface area contributed by atoms with Gasteiger partial charge in [0.25, 0.3) is 5.91 Å². The Balaban J connectivity index is 1.33. The number of amides is 1. The van der Waals surface area contributed by atoms with Gasteiger partial charge < -0.3 is 14.8 Å². The first-order chi connectivity index (χ1) is 16.3. The fourth-order valence-corrected chi connectivity index (χ4v) is 6.71. The number of hydrogen-bond acceptors (Lipinski definition) is 6. The summed E-state index contributed by atoms with van der Waals surface area (Å²) in [6.45, 7) is 5.98. The largest absolute Gasteiger partial charge is 0.333 e. The Morgan fingerprint density at radius 2 is 1.97 bits per heavy atom. The maximum Gasteiger partial charge on any atom is 0.256 e. The average molecular weight is 485 g/mol. The van der Waals surface area contributed by atoms with Crippen LogP contribution in [0, 0.1) is 17.8 Å². The summed E-state index contributed by atoms with van der Waals surface area (Å²) < 4.78 is 12.8. The molecule has 2 aromatic rings. The van der Waals surface area contributed by atoms with Crippen LogP contribution >= 0.6 is 11.6 Å². The van der Waals surface area contributed by atoms with Crippen LogP contribution < -0.4 is 5.32 Å².